The Morgan fingerprint density at radius 3 is 1.21 bits per heavy atom. The first-order valence-electron chi connectivity index (χ1n) is 9.02. The second kappa shape index (κ2) is 12.0. The molecule has 2 aromatic rings. The van der Waals surface area contributed by atoms with Crippen LogP contribution in [-0.2, 0) is 10.8 Å². The number of halogens is 3. The zero-order valence-corrected chi connectivity index (χ0v) is 22.8. The number of hydrogen-bond acceptors (Lipinski definition) is 2. The first-order valence-corrected chi connectivity index (χ1v) is 21.1. The third kappa shape index (κ3) is 9.67. The second-order valence-electron chi connectivity index (χ2n) is 8.30. The van der Waals surface area contributed by atoms with Gasteiger partial charge in [-0.15, -0.1) is 0 Å². The standard InChI is InChI=1S/C22H28N2.3ClH.Nd/c1-21(2,3)17-11-7-9-13-19(17)23-15-16-24-20-14-10-8-12-18(20)22(4,5)6;;;;/h7-16H,1-6H3;3*1H;/q;;;;+3/p-3. The zero-order chi connectivity index (χ0) is 21.4. The number of para-hydroxylation sites is 2. The van der Waals surface area contributed by atoms with Gasteiger partial charge >= 0.3 is 47.3 Å². The fourth-order valence-electron chi connectivity index (χ4n) is 2.67. The van der Waals surface area contributed by atoms with Gasteiger partial charge in [-0.1, -0.05) is 77.9 Å². The van der Waals surface area contributed by atoms with Crippen LogP contribution in [0.1, 0.15) is 52.7 Å². The fourth-order valence-corrected chi connectivity index (χ4v) is 2.67. The van der Waals surface area contributed by atoms with Gasteiger partial charge in [-0.2, -0.15) is 0 Å². The van der Waals surface area contributed by atoms with Crippen molar-refractivity contribution in [3.63, 3.8) is 0 Å². The molecule has 0 N–H and O–H groups in total. The molecule has 0 saturated carbocycles. The Morgan fingerprint density at radius 2 is 0.929 bits per heavy atom. The second-order valence-corrected chi connectivity index (χ2v) is 22.4. The number of hydrogen-bond donors (Lipinski definition) is 0. The van der Waals surface area contributed by atoms with E-state index in [4.69, 9.17) is 17.4 Å². The molecule has 2 nitrogen and oxygen atoms in total. The van der Waals surface area contributed by atoms with Crippen molar-refractivity contribution >= 4 is 41.2 Å². The van der Waals surface area contributed by atoms with Gasteiger partial charge in [-0.3, -0.25) is 9.98 Å². The van der Waals surface area contributed by atoms with Gasteiger partial charge in [0, 0.05) is 12.4 Å². The van der Waals surface area contributed by atoms with Gasteiger partial charge in [0.25, 0.3) is 0 Å². The molecule has 2 aromatic carbocycles. The summed E-state index contributed by atoms with van der Waals surface area (Å²) in [7, 11) is 0. The van der Waals surface area contributed by atoms with Crippen LogP contribution in [0.5, 0.6) is 0 Å². The molecule has 151 valence electrons. The minimum absolute atomic E-state index is 0.0733. The summed E-state index contributed by atoms with van der Waals surface area (Å²) in [5.74, 6) is 15.1. The van der Waals surface area contributed by atoms with E-state index in [1.807, 2.05) is 24.3 Å². The molecule has 0 aromatic heterocycles. The normalized spacial score (nSPS) is 12.2. The van der Waals surface area contributed by atoms with Crippen LogP contribution in [0.2, 0.25) is 0 Å². The van der Waals surface area contributed by atoms with Crippen molar-refractivity contribution in [2.75, 3.05) is 0 Å². The molecule has 0 saturated heterocycles. The molecule has 0 radical (unpaired) electrons. The summed E-state index contributed by atoms with van der Waals surface area (Å²) >= 11 is -2.24. The van der Waals surface area contributed by atoms with E-state index in [9.17, 15) is 0 Å². The van der Waals surface area contributed by atoms with Gasteiger partial charge in [-0.25, -0.2) is 0 Å². The van der Waals surface area contributed by atoms with Crippen molar-refractivity contribution in [3.8, 4) is 0 Å². The molecular formula is C22H28Cl3N2Nd. The Hall–Kier alpha value is 0.000649. The molecule has 0 aliphatic rings. The molecule has 0 amide bonds. The first-order chi connectivity index (χ1) is 12.9. The average molecular weight is 571 g/mol. The SMILES string of the molecule is CC(C)(C)c1ccccc1N=CC=Nc1ccccc1C(C)(C)C.[Cl][Nd]([Cl])[Cl]. The van der Waals surface area contributed by atoms with Crippen LogP contribution in [0.15, 0.2) is 58.5 Å². The Labute approximate surface area is 191 Å². The van der Waals surface area contributed by atoms with Gasteiger partial charge in [0.15, 0.2) is 0 Å². The van der Waals surface area contributed by atoms with Gasteiger partial charge in [0.05, 0.1) is 11.4 Å². The molecule has 0 aliphatic heterocycles. The minimum atomic E-state index is -2.24. The summed E-state index contributed by atoms with van der Waals surface area (Å²) in [5.41, 5.74) is 4.63. The molecule has 0 heterocycles. The third-order valence-electron chi connectivity index (χ3n) is 3.92. The van der Waals surface area contributed by atoms with Crippen LogP contribution in [0.3, 0.4) is 0 Å². The maximum atomic E-state index is 5.02. The Kier molecular flexibility index (Phi) is 11.2. The van der Waals surface area contributed by atoms with Crippen LogP contribution >= 0.6 is 17.4 Å². The van der Waals surface area contributed by atoms with Crippen LogP contribution in [-0.4, -0.2) is 12.4 Å². The van der Waals surface area contributed by atoms with Crippen LogP contribution < -0.4 is 0 Å². The van der Waals surface area contributed by atoms with E-state index in [1.54, 1.807) is 12.4 Å². The van der Waals surface area contributed by atoms with E-state index in [-0.39, 0.29) is 10.8 Å². The predicted molar refractivity (Wildman–Crippen MR) is 124 cm³/mol. The van der Waals surface area contributed by atoms with Crippen molar-refractivity contribution in [3.05, 3.63) is 59.7 Å². The summed E-state index contributed by atoms with van der Waals surface area (Å²) in [6.07, 6.45) is 3.56. The first kappa shape index (κ1) is 26.0. The van der Waals surface area contributed by atoms with E-state index < -0.39 is 29.9 Å². The molecule has 6 heteroatoms. The summed E-state index contributed by atoms with van der Waals surface area (Å²) in [5, 5.41) is 0. The van der Waals surface area contributed by atoms with Crippen molar-refractivity contribution in [1.29, 1.82) is 0 Å². The van der Waals surface area contributed by atoms with Crippen LogP contribution in [0.4, 0.5) is 11.4 Å². The van der Waals surface area contributed by atoms with E-state index in [2.05, 4.69) is 75.8 Å². The summed E-state index contributed by atoms with van der Waals surface area (Å²) in [4.78, 5) is 9.21. The summed E-state index contributed by atoms with van der Waals surface area (Å²) in [6.45, 7) is 13.2. The van der Waals surface area contributed by atoms with E-state index in [1.165, 1.54) is 11.1 Å². The number of rotatable bonds is 3. The molecule has 0 spiro atoms. The van der Waals surface area contributed by atoms with E-state index >= 15 is 0 Å². The molecule has 2 rings (SSSR count). The number of aliphatic imine (C=N–C) groups is 2. The molecule has 0 bridgehead atoms. The third-order valence-corrected chi connectivity index (χ3v) is 3.92. The van der Waals surface area contributed by atoms with Gasteiger partial charge < -0.3 is 0 Å². The summed E-state index contributed by atoms with van der Waals surface area (Å²) < 4.78 is 0. The molecule has 0 unspecified atom stereocenters. The van der Waals surface area contributed by atoms with Crippen molar-refractivity contribution in [2.45, 2.75) is 52.4 Å². The zero-order valence-electron chi connectivity index (χ0n) is 17.3. The topological polar surface area (TPSA) is 24.7 Å². The summed E-state index contributed by atoms with van der Waals surface area (Å²) in [6, 6.07) is 16.5. The quantitative estimate of drug-likeness (QED) is 0.331. The van der Waals surface area contributed by atoms with Gasteiger partial charge in [0.1, 0.15) is 0 Å². The Bertz CT molecular complexity index is 736. The van der Waals surface area contributed by atoms with Gasteiger partial charge in [-0.05, 0) is 34.1 Å². The van der Waals surface area contributed by atoms with Crippen LogP contribution in [0.25, 0.3) is 0 Å². The van der Waals surface area contributed by atoms with Crippen molar-refractivity contribution < 1.29 is 29.9 Å². The van der Waals surface area contributed by atoms with E-state index in [0.29, 0.717) is 0 Å². The van der Waals surface area contributed by atoms with E-state index in [0.717, 1.165) is 11.4 Å². The maximum absolute atomic E-state index is 5.02. The molecule has 0 atom stereocenters. The predicted octanol–water partition coefficient (Wildman–Crippen LogP) is 8.45. The molecule has 28 heavy (non-hydrogen) atoms. The Morgan fingerprint density at radius 1 is 0.643 bits per heavy atom. The number of benzene rings is 2. The van der Waals surface area contributed by atoms with Gasteiger partial charge in [0.2, 0.25) is 0 Å². The van der Waals surface area contributed by atoms with Crippen LogP contribution in [0, 0.1) is 29.9 Å². The number of nitrogens with zero attached hydrogens (tertiary/aromatic N) is 2. The Balaban J connectivity index is 0.000000892. The molecule has 0 fully saturated rings. The van der Waals surface area contributed by atoms with Crippen molar-refractivity contribution in [1.82, 2.24) is 0 Å². The molecule has 0 aliphatic carbocycles. The monoisotopic (exact) mass is 567 g/mol. The average Bonchev–Trinajstić information content (AvgIpc) is 2.57. The molecular weight excluding hydrogens is 543 g/mol. The fraction of sp³-hybridized carbons (Fsp3) is 0.364. The van der Waals surface area contributed by atoms with Crippen molar-refractivity contribution in [2.24, 2.45) is 9.98 Å².